The Kier molecular flexibility index (Phi) is 6.09. The number of nitrogens with one attached hydrogen (secondary N) is 2. The van der Waals surface area contributed by atoms with Crippen LogP contribution >= 0.6 is 0 Å². The molecule has 4 heteroatoms. The van der Waals surface area contributed by atoms with Crippen molar-refractivity contribution in [3.8, 4) is 0 Å². The van der Waals surface area contributed by atoms with E-state index in [1.165, 1.54) is 11.1 Å². The monoisotopic (exact) mass is 251 g/mol. The highest BCUT2D eigenvalue weighted by molar-refractivity contribution is 5.49. The first kappa shape index (κ1) is 14.9. The molecule has 0 aliphatic rings. The molecule has 0 radical (unpaired) electrons. The van der Waals surface area contributed by atoms with Crippen LogP contribution in [0.25, 0.3) is 0 Å². The summed E-state index contributed by atoms with van der Waals surface area (Å²) in [7, 11) is 1.71. The predicted molar refractivity (Wildman–Crippen MR) is 76.1 cm³/mol. The van der Waals surface area contributed by atoms with Crippen molar-refractivity contribution in [2.45, 2.75) is 40.3 Å². The topological polar surface area (TPSA) is 46.2 Å². The number of aromatic nitrogens is 1. The quantitative estimate of drug-likeness (QED) is 0.730. The second kappa shape index (κ2) is 7.34. The van der Waals surface area contributed by atoms with Crippen LogP contribution in [0, 0.1) is 13.8 Å². The minimum Gasteiger partial charge on any atom is -0.383 e. The Bertz CT molecular complexity index is 378. The lowest BCUT2D eigenvalue weighted by Gasteiger charge is -2.16. The van der Waals surface area contributed by atoms with Gasteiger partial charge < -0.3 is 15.4 Å². The molecule has 0 fully saturated rings. The van der Waals surface area contributed by atoms with Crippen LogP contribution in [0.1, 0.15) is 30.7 Å². The van der Waals surface area contributed by atoms with E-state index < -0.39 is 0 Å². The van der Waals surface area contributed by atoms with Crippen LogP contribution in [0.4, 0.5) is 5.82 Å². The molecule has 0 saturated heterocycles. The lowest BCUT2D eigenvalue weighted by molar-refractivity contribution is 0.210. The standard InChI is InChI=1S/C14H25N3O/c1-10(2)16-9-13-11(3)8-12(4)17-14(13)15-6-7-18-5/h8,10,16H,6-7,9H2,1-5H3,(H,15,17). The van der Waals surface area contributed by atoms with Gasteiger partial charge in [-0.1, -0.05) is 13.8 Å². The van der Waals surface area contributed by atoms with Gasteiger partial charge in [-0.25, -0.2) is 4.98 Å². The number of pyridine rings is 1. The van der Waals surface area contributed by atoms with E-state index in [2.05, 4.69) is 42.5 Å². The molecule has 1 aromatic heterocycles. The number of hydrogen-bond acceptors (Lipinski definition) is 4. The Balaban J connectivity index is 2.83. The van der Waals surface area contributed by atoms with Gasteiger partial charge in [-0.3, -0.25) is 0 Å². The van der Waals surface area contributed by atoms with Gasteiger partial charge >= 0.3 is 0 Å². The predicted octanol–water partition coefficient (Wildman–Crippen LogP) is 2.25. The largest absolute Gasteiger partial charge is 0.383 e. The molecule has 0 aliphatic heterocycles. The molecule has 0 saturated carbocycles. The van der Waals surface area contributed by atoms with E-state index in [-0.39, 0.29) is 0 Å². The van der Waals surface area contributed by atoms with Crippen LogP contribution in [-0.4, -0.2) is 31.3 Å². The minimum absolute atomic E-state index is 0.470. The van der Waals surface area contributed by atoms with Crippen molar-refractivity contribution < 1.29 is 4.74 Å². The van der Waals surface area contributed by atoms with Gasteiger partial charge in [0.15, 0.2) is 0 Å². The third-order valence-electron chi connectivity index (χ3n) is 2.76. The fraction of sp³-hybridized carbons (Fsp3) is 0.643. The van der Waals surface area contributed by atoms with Gasteiger partial charge in [0.1, 0.15) is 5.82 Å². The van der Waals surface area contributed by atoms with Crippen LogP contribution in [0.15, 0.2) is 6.07 Å². The molecule has 2 N–H and O–H groups in total. The molecule has 1 heterocycles. The van der Waals surface area contributed by atoms with E-state index >= 15 is 0 Å². The molecule has 4 nitrogen and oxygen atoms in total. The SMILES string of the molecule is COCCNc1nc(C)cc(C)c1CNC(C)C. The average Bonchev–Trinajstić information content (AvgIpc) is 2.27. The van der Waals surface area contributed by atoms with Crippen LogP contribution in [-0.2, 0) is 11.3 Å². The second-order valence-electron chi connectivity index (χ2n) is 4.86. The summed E-state index contributed by atoms with van der Waals surface area (Å²) in [5.41, 5.74) is 3.56. The van der Waals surface area contributed by atoms with Crippen LogP contribution in [0.5, 0.6) is 0 Å². The van der Waals surface area contributed by atoms with Gasteiger partial charge in [-0.15, -0.1) is 0 Å². The van der Waals surface area contributed by atoms with Crippen LogP contribution in [0.2, 0.25) is 0 Å². The third kappa shape index (κ3) is 4.63. The van der Waals surface area contributed by atoms with Gasteiger partial charge in [-0.2, -0.15) is 0 Å². The second-order valence-corrected chi connectivity index (χ2v) is 4.86. The van der Waals surface area contributed by atoms with Gasteiger partial charge in [0.2, 0.25) is 0 Å². The third-order valence-corrected chi connectivity index (χ3v) is 2.76. The summed E-state index contributed by atoms with van der Waals surface area (Å²) in [4.78, 5) is 4.58. The number of ether oxygens (including phenoxy) is 1. The number of hydrogen-bond donors (Lipinski definition) is 2. The summed E-state index contributed by atoms with van der Waals surface area (Å²) in [6, 6.07) is 2.59. The smallest absolute Gasteiger partial charge is 0.131 e. The number of rotatable bonds is 7. The van der Waals surface area contributed by atoms with E-state index in [1.54, 1.807) is 7.11 Å². The highest BCUT2D eigenvalue weighted by atomic mass is 16.5. The Morgan fingerprint density at radius 3 is 2.67 bits per heavy atom. The first-order valence-electron chi connectivity index (χ1n) is 6.48. The van der Waals surface area contributed by atoms with Crippen molar-refractivity contribution in [3.63, 3.8) is 0 Å². The maximum Gasteiger partial charge on any atom is 0.131 e. The van der Waals surface area contributed by atoms with E-state index in [9.17, 15) is 0 Å². The van der Waals surface area contributed by atoms with Gasteiger partial charge in [0, 0.05) is 37.5 Å². The Morgan fingerprint density at radius 1 is 1.33 bits per heavy atom. The van der Waals surface area contributed by atoms with Crippen molar-refractivity contribution in [1.82, 2.24) is 10.3 Å². The highest BCUT2D eigenvalue weighted by Gasteiger charge is 2.08. The van der Waals surface area contributed by atoms with Crippen molar-refractivity contribution in [3.05, 3.63) is 22.9 Å². The summed E-state index contributed by atoms with van der Waals surface area (Å²) in [5, 5.41) is 6.79. The minimum atomic E-state index is 0.470. The zero-order valence-corrected chi connectivity index (χ0v) is 12.1. The molecule has 0 bridgehead atoms. The molecule has 18 heavy (non-hydrogen) atoms. The van der Waals surface area contributed by atoms with E-state index in [0.717, 1.165) is 24.6 Å². The molecule has 102 valence electrons. The van der Waals surface area contributed by atoms with Gasteiger partial charge in [0.05, 0.1) is 6.61 Å². The van der Waals surface area contributed by atoms with Crippen molar-refractivity contribution in [2.75, 3.05) is 25.6 Å². The summed E-state index contributed by atoms with van der Waals surface area (Å²) in [6.07, 6.45) is 0. The molecule has 1 aromatic rings. The molecule has 0 amide bonds. The fourth-order valence-corrected chi connectivity index (χ4v) is 1.81. The Labute approximate surface area is 110 Å². The number of nitrogens with zero attached hydrogens (tertiary/aromatic N) is 1. The summed E-state index contributed by atoms with van der Waals surface area (Å²) in [5.74, 6) is 0.970. The average molecular weight is 251 g/mol. The van der Waals surface area contributed by atoms with Crippen LogP contribution < -0.4 is 10.6 Å². The zero-order chi connectivity index (χ0) is 13.5. The molecule has 0 spiro atoms. The Hall–Kier alpha value is -1.13. The number of anilines is 1. The molecule has 0 unspecified atom stereocenters. The van der Waals surface area contributed by atoms with E-state index in [0.29, 0.717) is 12.6 Å². The maximum atomic E-state index is 5.06. The molecule has 1 rings (SSSR count). The fourth-order valence-electron chi connectivity index (χ4n) is 1.81. The summed E-state index contributed by atoms with van der Waals surface area (Å²) < 4.78 is 5.06. The van der Waals surface area contributed by atoms with Crippen molar-refractivity contribution in [2.24, 2.45) is 0 Å². The number of methoxy groups -OCH3 is 1. The zero-order valence-electron chi connectivity index (χ0n) is 12.1. The summed E-state index contributed by atoms with van der Waals surface area (Å²) in [6.45, 7) is 10.8. The molecular weight excluding hydrogens is 226 g/mol. The van der Waals surface area contributed by atoms with Gasteiger partial charge in [0.25, 0.3) is 0 Å². The molecule has 0 aromatic carbocycles. The number of aryl methyl sites for hydroxylation is 2. The summed E-state index contributed by atoms with van der Waals surface area (Å²) >= 11 is 0. The maximum absolute atomic E-state index is 5.06. The Morgan fingerprint density at radius 2 is 2.06 bits per heavy atom. The first-order chi connectivity index (χ1) is 8.54. The molecule has 0 aliphatic carbocycles. The van der Waals surface area contributed by atoms with E-state index in [4.69, 9.17) is 4.74 Å². The highest BCUT2D eigenvalue weighted by Crippen LogP contribution is 2.18. The molecular formula is C14H25N3O. The van der Waals surface area contributed by atoms with Crippen molar-refractivity contribution in [1.29, 1.82) is 0 Å². The lowest BCUT2D eigenvalue weighted by Crippen LogP contribution is -2.24. The lowest BCUT2D eigenvalue weighted by atomic mass is 10.1. The van der Waals surface area contributed by atoms with Crippen LogP contribution in [0.3, 0.4) is 0 Å². The van der Waals surface area contributed by atoms with Gasteiger partial charge in [-0.05, 0) is 25.5 Å². The van der Waals surface area contributed by atoms with E-state index in [1.807, 2.05) is 6.92 Å². The van der Waals surface area contributed by atoms with Crippen molar-refractivity contribution >= 4 is 5.82 Å². The first-order valence-corrected chi connectivity index (χ1v) is 6.48. The molecule has 0 atom stereocenters. The normalized spacial score (nSPS) is 11.0.